The van der Waals surface area contributed by atoms with Crippen LogP contribution in [0, 0.1) is 6.92 Å². The van der Waals surface area contributed by atoms with Crippen molar-refractivity contribution in [2.75, 3.05) is 17.2 Å². The van der Waals surface area contributed by atoms with Gasteiger partial charge in [0.2, 0.25) is 0 Å². The first kappa shape index (κ1) is 14.1. The normalized spacial score (nSPS) is 13.9. The largest absolute Gasteiger partial charge is 0.399 e. The minimum Gasteiger partial charge on any atom is -0.399 e. The first-order valence-corrected chi connectivity index (χ1v) is 7.82. The van der Waals surface area contributed by atoms with Crippen LogP contribution in [0.2, 0.25) is 0 Å². The van der Waals surface area contributed by atoms with Crippen molar-refractivity contribution in [3.63, 3.8) is 0 Å². The average Bonchev–Trinajstić information content (AvgIpc) is 2.48. The van der Waals surface area contributed by atoms with E-state index in [4.69, 9.17) is 5.73 Å². The van der Waals surface area contributed by atoms with E-state index in [1.807, 2.05) is 48.2 Å². The second-order valence-electron chi connectivity index (χ2n) is 5.41. The number of hydrogen-bond donors (Lipinski definition) is 1. The van der Waals surface area contributed by atoms with E-state index in [1.54, 1.807) is 0 Å². The molecule has 108 valence electrons. The molecule has 0 fully saturated rings. The van der Waals surface area contributed by atoms with Gasteiger partial charge in [0, 0.05) is 28.0 Å². The lowest BCUT2D eigenvalue weighted by Gasteiger charge is -2.30. The monoisotopic (exact) mass is 344 g/mol. The molecule has 0 saturated carbocycles. The van der Waals surface area contributed by atoms with Crippen molar-refractivity contribution in [3.05, 3.63) is 57.6 Å². The van der Waals surface area contributed by atoms with Gasteiger partial charge in [-0.05, 0) is 67.3 Å². The first-order chi connectivity index (χ1) is 10.1. The van der Waals surface area contributed by atoms with Crippen molar-refractivity contribution in [2.24, 2.45) is 0 Å². The molecule has 0 bridgehead atoms. The molecule has 2 aromatic carbocycles. The molecule has 3 nitrogen and oxygen atoms in total. The number of nitrogens with zero attached hydrogens (tertiary/aromatic N) is 1. The highest BCUT2D eigenvalue weighted by atomic mass is 79.9. The summed E-state index contributed by atoms with van der Waals surface area (Å²) >= 11 is 3.47. The van der Waals surface area contributed by atoms with Gasteiger partial charge in [0.1, 0.15) is 0 Å². The molecule has 1 heterocycles. The maximum atomic E-state index is 12.8. The second-order valence-corrected chi connectivity index (χ2v) is 6.27. The highest BCUT2D eigenvalue weighted by molar-refractivity contribution is 9.10. The van der Waals surface area contributed by atoms with Gasteiger partial charge in [-0.2, -0.15) is 0 Å². The third kappa shape index (κ3) is 2.68. The van der Waals surface area contributed by atoms with E-state index in [2.05, 4.69) is 15.9 Å². The number of halogens is 1. The number of carbonyl (C=O) groups excluding carboxylic acids is 1. The van der Waals surface area contributed by atoms with Crippen molar-refractivity contribution >= 4 is 33.2 Å². The number of carbonyl (C=O) groups is 1. The molecule has 0 spiro atoms. The van der Waals surface area contributed by atoms with Gasteiger partial charge in [-0.25, -0.2) is 0 Å². The Balaban J connectivity index is 1.98. The molecule has 0 saturated heterocycles. The lowest BCUT2D eigenvalue weighted by atomic mass is 10.00. The fourth-order valence-corrected chi connectivity index (χ4v) is 3.01. The van der Waals surface area contributed by atoms with E-state index in [0.29, 0.717) is 0 Å². The highest BCUT2D eigenvalue weighted by Gasteiger charge is 2.23. The van der Waals surface area contributed by atoms with Crippen molar-refractivity contribution in [1.82, 2.24) is 0 Å². The molecule has 2 N–H and O–H groups in total. The van der Waals surface area contributed by atoms with E-state index in [1.165, 1.54) is 0 Å². The van der Waals surface area contributed by atoms with Crippen LogP contribution >= 0.6 is 15.9 Å². The van der Waals surface area contributed by atoms with Gasteiger partial charge in [0.05, 0.1) is 0 Å². The topological polar surface area (TPSA) is 46.3 Å². The standard InChI is InChI=1S/C17H17BrN2O/c1-11-9-13(4-6-15(11)18)17(21)20-8-2-3-12-10-14(19)5-7-16(12)20/h4-7,9-10H,2-3,8,19H2,1H3. The van der Waals surface area contributed by atoms with Crippen LogP contribution in [0.15, 0.2) is 40.9 Å². The van der Waals surface area contributed by atoms with Crippen molar-refractivity contribution < 1.29 is 4.79 Å². The number of fused-ring (bicyclic) bond motifs is 1. The van der Waals surface area contributed by atoms with Crippen LogP contribution in [0.25, 0.3) is 0 Å². The average molecular weight is 345 g/mol. The fourth-order valence-electron chi connectivity index (χ4n) is 2.76. The zero-order valence-corrected chi connectivity index (χ0v) is 13.5. The maximum Gasteiger partial charge on any atom is 0.258 e. The zero-order chi connectivity index (χ0) is 15.0. The molecule has 0 atom stereocenters. The zero-order valence-electron chi connectivity index (χ0n) is 11.9. The van der Waals surface area contributed by atoms with Gasteiger partial charge in [0.15, 0.2) is 0 Å². The van der Waals surface area contributed by atoms with Crippen LogP contribution in [0.5, 0.6) is 0 Å². The molecule has 1 aliphatic heterocycles. The molecule has 1 amide bonds. The van der Waals surface area contributed by atoms with E-state index >= 15 is 0 Å². The quantitative estimate of drug-likeness (QED) is 0.796. The maximum absolute atomic E-state index is 12.8. The highest BCUT2D eigenvalue weighted by Crippen LogP contribution is 2.30. The number of hydrogen-bond acceptors (Lipinski definition) is 2. The molecule has 0 radical (unpaired) electrons. The van der Waals surface area contributed by atoms with Gasteiger partial charge in [-0.1, -0.05) is 15.9 Å². The van der Waals surface area contributed by atoms with Gasteiger partial charge >= 0.3 is 0 Å². The second kappa shape index (κ2) is 5.53. The van der Waals surface area contributed by atoms with E-state index < -0.39 is 0 Å². The molecular formula is C17H17BrN2O. The lowest BCUT2D eigenvalue weighted by Crippen LogP contribution is -2.35. The summed E-state index contributed by atoms with van der Waals surface area (Å²) < 4.78 is 1.02. The minimum absolute atomic E-state index is 0.0521. The smallest absolute Gasteiger partial charge is 0.258 e. The van der Waals surface area contributed by atoms with E-state index in [9.17, 15) is 4.79 Å². The summed E-state index contributed by atoms with van der Waals surface area (Å²) in [5.74, 6) is 0.0521. The summed E-state index contributed by atoms with van der Waals surface area (Å²) in [5, 5.41) is 0. The summed E-state index contributed by atoms with van der Waals surface area (Å²) in [4.78, 5) is 14.7. The molecule has 0 aliphatic carbocycles. The van der Waals surface area contributed by atoms with Gasteiger partial charge in [-0.15, -0.1) is 0 Å². The Morgan fingerprint density at radius 1 is 1.24 bits per heavy atom. The Morgan fingerprint density at radius 3 is 2.81 bits per heavy atom. The number of anilines is 2. The summed E-state index contributed by atoms with van der Waals surface area (Å²) in [7, 11) is 0. The number of aryl methyl sites for hydroxylation is 2. The Morgan fingerprint density at radius 2 is 2.05 bits per heavy atom. The fraction of sp³-hybridized carbons (Fsp3) is 0.235. The van der Waals surface area contributed by atoms with Gasteiger partial charge in [0.25, 0.3) is 5.91 Å². The Labute approximate surface area is 132 Å². The summed E-state index contributed by atoms with van der Waals surface area (Å²) in [5.41, 5.74) is 10.5. The number of rotatable bonds is 1. The third-order valence-electron chi connectivity index (χ3n) is 3.87. The molecular weight excluding hydrogens is 328 g/mol. The van der Waals surface area contributed by atoms with Gasteiger partial charge in [-0.3, -0.25) is 4.79 Å². The van der Waals surface area contributed by atoms with Gasteiger partial charge < -0.3 is 10.6 Å². The number of amides is 1. The number of benzene rings is 2. The summed E-state index contributed by atoms with van der Waals surface area (Å²) in [6.07, 6.45) is 1.95. The molecule has 1 aliphatic rings. The Kier molecular flexibility index (Phi) is 3.72. The van der Waals surface area contributed by atoms with Crippen molar-refractivity contribution in [2.45, 2.75) is 19.8 Å². The Bertz CT molecular complexity index is 712. The van der Waals surface area contributed by atoms with Crippen LogP contribution in [0.1, 0.15) is 27.9 Å². The van der Waals surface area contributed by atoms with Crippen LogP contribution in [0.4, 0.5) is 11.4 Å². The summed E-state index contributed by atoms with van der Waals surface area (Å²) in [6, 6.07) is 11.5. The first-order valence-electron chi connectivity index (χ1n) is 7.02. The predicted octanol–water partition coefficient (Wildman–Crippen LogP) is 3.93. The van der Waals surface area contributed by atoms with Crippen molar-refractivity contribution in [3.8, 4) is 0 Å². The predicted molar refractivity (Wildman–Crippen MR) is 89.7 cm³/mol. The molecule has 0 unspecified atom stereocenters. The van der Waals surface area contributed by atoms with E-state index in [-0.39, 0.29) is 5.91 Å². The molecule has 4 heteroatoms. The van der Waals surface area contributed by atoms with Crippen molar-refractivity contribution in [1.29, 1.82) is 0 Å². The summed E-state index contributed by atoms with van der Waals surface area (Å²) in [6.45, 7) is 2.75. The molecule has 21 heavy (non-hydrogen) atoms. The SMILES string of the molecule is Cc1cc(C(=O)N2CCCc3cc(N)ccc32)ccc1Br. The van der Waals surface area contributed by atoms with Crippen LogP contribution in [-0.2, 0) is 6.42 Å². The molecule has 3 rings (SSSR count). The van der Waals surface area contributed by atoms with Crippen LogP contribution < -0.4 is 10.6 Å². The molecule has 0 aromatic heterocycles. The minimum atomic E-state index is 0.0521. The van der Waals surface area contributed by atoms with Crippen LogP contribution in [-0.4, -0.2) is 12.5 Å². The number of nitrogens with two attached hydrogens (primary N) is 1. The number of nitrogen functional groups attached to an aromatic ring is 1. The molecule has 2 aromatic rings. The lowest BCUT2D eigenvalue weighted by molar-refractivity contribution is 0.0985. The Hall–Kier alpha value is -1.81. The van der Waals surface area contributed by atoms with Crippen LogP contribution in [0.3, 0.4) is 0 Å². The third-order valence-corrected chi connectivity index (χ3v) is 4.76. The van der Waals surface area contributed by atoms with E-state index in [0.717, 1.165) is 51.9 Å².